The van der Waals surface area contributed by atoms with Gasteiger partial charge in [-0.15, -0.1) is 0 Å². The molecule has 0 spiro atoms. The highest BCUT2D eigenvalue weighted by Crippen LogP contribution is 2.37. The van der Waals surface area contributed by atoms with Gasteiger partial charge in [-0.1, -0.05) is 39.0 Å². The van der Waals surface area contributed by atoms with Gasteiger partial charge in [0, 0.05) is 31.8 Å². The van der Waals surface area contributed by atoms with E-state index in [0.29, 0.717) is 12.3 Å². The van der Waals surface area contributed by atoms with Crippen molar-refractivity contribution in [2.75, 3.05) is 31.7 Å². The number of carbonyl (C=O) groups excluding carboxylic acids is 1. The van der Waals surface area contributed by atoms with Gasteiger partial charge in [-0.2, -0.15) is 0 Å². The predicted octanol–water partition coefficient (Wildman–Crippen LogP) is 5.03. The number of carbonyl (C=O) groups is 1. The molecule has 27 heavy (non-hydrogen) atoms. The fourth-order valence-corrected chi connectivity index (χ4v) is 4.42. The van der Waals surface area contributed by atoms with Crippen LogP contribution in [-0.2, 0) is 20.4 Å². The maximum absolute atomic E-state index is 11.5. The van der Waals surface area contributed by atoms with Gasteiger partial charge in [0.15, 0.2) is 8.32 Å². The Morgan fingerprint density at radius 2 is 1.96 bits per heavy atom. The molecule has 1 heterocycles. The normalized spacial score (nSPS) is 18.4. The SMILES string of the molecule is COC(=O)CCc1ccccc1N1CCCC(CO[Si](C)(C)C(C)(C)C)C1. The summed E-state index contributed by atoms with van der Waals surface area (Å²) < 4.78 is 11.3. The van der Waals surface area contributed by atoms with Gasteiger partial charge in [0.25, 0.3) is 0 Å². The summed E-state index contributed by atoms with van der Waals surface area (Å²) in [4.78, 5) is 14.0. The van der Waals surface area contributed by atoms with Crippen LogP contribution in [0.1, 0.15) is 45.6 Å². The Morgan fingerprint density at radius 1 is 1.26 bits per heavy atom. The van der Waals surface area contributed by atoms with Gasteiger partial charge < -0.3 is 14.1 Å². The molecule has 2 rings (SSSR count). The Hall–Kier alpha value is -1.33. The van der Waals surface area contributed by atoms with Crippen LogP contribution in [0.4, 0.5) is 5.69 Å². The molecular formula is C22H37NO3Si. The van der Waals surface area contributed by atoms with Crippen molar-refractivity contribution < 1.29 is 14.0 Å². The first-order chi connectivity index (χ1) is 12.6. The molecule has 4 nitrogen and oxygen atoms in total. The van der Waals surface area contributed by atoms with E-state index in [4.69, 9.17) is 9.16 Å². The number of hydrogen-bond donors (Lipinski definition) is 0. The summed E-state index contributed by atoms with van der Waals surface area (Å²) in [5, 5.41) is 0.252. The Kier molecular flexibility index (Phi) is 7.52. The summed E-state index contributed by atoms with van der Waals surface area (Å²) in [6, 6.07) is 8.46. The van der Waals surface area contributed by atoms with E-state index in [1.165, 1.54) is 31.2 Å². The molecule has 152 valence electrons. The van der Waals surface area contributed by atoms with Crippen molar-refractivity contribution in [2.24, 2.45) is 5.92 Å². The number of nitrogens with zero attached hydrogens (tertiary/aromatic N) is 1. The van der Waals surface area contributed by atoms with E-state index < -0.39 is 8.32 Å². The van der Waals surface area contributed by atoms with Gasteiger partial charge in [-0.3, -0.25) is 4.79 Å². The number of anilines is 1. The minimum atomic E-state index is -1.70. The van der Waals surface area contributed by atoms with Crippen LogP contribution < -0.4 is 4.90 Å². The van der Waals surface area contributed by atoms with Crippen molar-refractivity contribution >= 4 is 20.0 Å². The molecule has 0 aromatic heterocycles. The fourth-order valence-electron chi connectivity index (χ4n) is 3.33. The number of para-hydroxylation sites is 1. The molecule has 1 fully saturated rings. The zero-order valence-electron chi connectivity index (χ0n) is 18.0. The lowest BCUT2D eigenvalue weighted by Crippen LogP contribution is -2.44. The molecule has 5 heteroatoms. The zero-order valence-corrected chi connectivity index (χ0v) is 19.0. The van der Waals surface area contributed by atoms with Crippen LogP contribution >= 0.6 is 0 Å². The molecular weight excluding hydrogens is 354 g/mol. The molecule has 0 N–H and O–H groups in total. The van der Waals surface area contributed by atoms with E-state index in [9.17, 15) is 4.79 Å². The Morgan fingerprint density at radius 3 is 2.63 bits per heavy atom. The van der Waals surface area contributed by atoms with E-state index in [-0.39, 0.29) is 11.0 Å². The van der Waals surface area contributed by atoms with Crippen LogP contribution in [-0.4, -0.2) is 41.1 Å². The Labute approximate surface area is 166 Å². The molecule has 1 aromatic rings. The smallest absolute Gasteiger partial charge is 0.305 e. The molecule has 1 atom stereocenters. The molecule has 0 radical (unpaired) electrons. The lowest BCUT2D eigenvalue weighted by molar-refractivity contribution is -0.140. The number of esters is 1. The lowest BCUT2D eigenvalue weighted by Gasteiger charge is -2.40. The van der Waals surface area contributed by atoms with Crippen LogP contribution in [0.25, 0.3) is 0 Å². The lowest BCUT2D eigenvalue weighted by atomic mass is 9.97. The van der Waals surface area contributed by atoms with E-state index in [2.05, 4.69) is 63.0 Å². The second-order valence-corrected chi connectivity index (χ2v) is 14.0. The van der Waals surface area contributed by atoms with Crippen molar-refractivity contribution in [2.45, 2.75) is 64.6 Å². The third-order valence-corrected chi connectivity index (χ3v) is 10.7. The summed E-state index contributed by atoms with van der Waals surface area (Å²) >= 11 is 0. The highest BCUT2D eigenvalue weighted by Gasteiger charge is 2.38. The first-order valence-electron chi connectivity index (χ1n) is 10.2. The molecule has 1 aliphatic rings. The van der Waals surface area contributed by atoms with Gasteiger partial charge in [0.05, 0.1) is 7.11 Å². The van der Waals surface area contributed by atoms with E-state index >= 15 is 0 Å². The van der Waals surface area contributed by atoms with Gasteiger partial charge in [0.2, 0.25) is 0 Å². The van der Waals surface area contributed by atoms with Gasteiger partial charge in [-0.25, -0.2) is 0 Å². The number of piperidine rings is 1. The number of hydrogen-bond acceptors (Lipinski definition) is 4. The van der Waals surface area contributed by atoms with Gasteiger partial charge in [0.1, 0.15) is 0 Å². The number of ether oxygens (including phenoxy) is 1. The summed E-state index contributed by atoms with van der Waals surface area (Å²) in [6.45, 7) is 14.5. The van der Waals surface area contributed by atoms with Gasteiger partial charge >= 0.3 is 5.97 Å². The highest BCUT2D eigenvalue weighted by atomic mass is 28.4. The average molecular weight is 392 g/mol. The quantitative estimate of drug-likeness (QED) is 0.483. The minimum absolute atomic E-state index is 0.149. The monoisotopic (exact) mass is 391 g/mol. The van der Waals surface area contributed by atoms with E-state index in [1.54, 1.807) is 0 Å². The molecule has 1 saturated heterocycles. The van der Waals surface area contributed by atoms with Crippen molar-refractivity contribution in [3.8, 4) is 0 Å². The van der Waals surface area contributed by atoms with Crippen LogP contribution in [0.15, 0.2) is 24.3 Å². The molecule has 0 saturated carbocycles. The maximum atomic E-state index is 11.5. The third kappa shape index (κ3) is 6.08. The van der Waals surface area contributed by atoms with Crippen molar-refractivity contribution in [3.05, 3.63) is 29.8 Å². The molecule has 1 unspecified atom stereocenters. The number of benzene rings is 1. The highest BCUT2D eigenvalue weighted by molar-refractivity contribution is 6.74. The minimum Gasteiger partial charge on any atom is -0.469 e. The average Bonchev–Trinajstić information content (AvgIpc) is 2.64. The predicted molar refractivity (Wildman–Crippen MR) is 115 cm³/mol. The Bertz CT molecular complexity index is 624. The summed E-state index contributed by atoms with van der Waals surface area (Å²) in [6.07, 6.45) is 3.58. The number of methoxy groups -OCH3 is 1. The van der Waals surface area contributed by atoms with Crippen LogP contribution in [0.5, 0.6) is 0 Å². The molecule has 0 aliphatic carbocycles. The zero-order chi connectivity index (χ0) is 20.1. The molecule has 1 aromatic carbocycles. The third-order valence-electron chi connectivity index (χ3n) is 6.16. The molecule has 0 bridgehead atoms. The van der Waals surface area contributed by atoms with Crippen LogP contribution in [0, 0.1) is 5.92 Å². The maximum Gasteiger partial charge on any atom is 0.305 e. The van der Waals surface area contributed by atoms with Crippen molar-refractivity contribution in [1.29, 1.82) is 0 Å². The topological polar surface area (TPSA) is 38.8 Å². The van der Waals surface area contributed by atoms with Crippen LogP contribution in [0.3, 0.4) is 0 Å². The first kappa shape index (κ1) is 22.0. The van der Waals surface area contributed by atoms with Crippen molar-refractivity contribution in [3.63, 3.8) is 0 Å². The molecule has 0 amide bonds. The second kappa shape index (κ2) is 9.24. The van der Waals surface area contributed by atoms with E-state index in [1.807, 2.05) is 0 Å². The first-order valence-corrected chi connectivity index (χ1v) is 13.1. The fraction of sp³-hybridized carbons (Fsp3) is 0.682. The van der Waals surface area contributed by atoms with Gasteiger partial charge in [-0.05, 0) is 54.9 Å². The summed E-state index contributed by atoms with van der Waals surface area (Å²) in [7, 11) is -0.250. The number of rotatable bonds is 7. The van der Waals surface area contributed by atoms with E-state index in [0.717, 1.165) is 26.1 Å². The number of aryl methyl sites for hydroxylation is 1. The summed E-state index contributed by atoms with van der Waals surface area (Å²) in [5.74, 6) is 0.422. The summed E-state index contributed by atoms with van der Waals surface area (Å²) in [5.41, 5.74) is 2.49. The second-order valence-electron chi connectivity index (χ2n) is 9.23. The van der Waals surface area contributed by atoms with Crippen LogP contribution in [0.2, 0.25) is 18.1 Å². The van der Waals surface area contributed by atoms with Crippen molar-refractivity contribution in [1.82, 2.24) is 0 Å². The largest absolute Gasteiger partial charge is 0.469 e. The standard InChI is InChI=1S/C22H37NO3Si/c1-22(2,3)27(5,6)26-17-18-10-9-15-23(16-18)20-12-8-7-11-19(20)13-14-21(24)25-4/h7-8,11-12,18H,9-10,13-17H2,1-6H3. The molecule has 1 aliphatic heterocycles. The Balaban J connectivity index is 2.01.